The van der Waals surface area contributed by atoms with Gasteiger partial charge in [0.15, 0.2) is 0 Å². The largest absolute Gasteiger partial charge is 0.361 e. The van der Waals surface area contributed by atoms with Crippen LogP contribution in [0.4, 0.5) is 0 Å². The van der Waals surface area contributed by atoms with E-state index < -0.39 is 10.1 Å². The first-order chi connectivity index (χ1) is 11.5. The van der Waals surface area contributed by atoms with Gasteiger partial charge in [0.25, 0.3) is 0 Å². The van der Waals surface area contributed by atoms with E-state index in [1.165, 1.54) is 11.6 Å². The van der Waals surface area contributed by atoms with Gasteiger partial charge in [-0.25, -0.2) is 0 Å². The third-order valence-electron chi connectivity index (χ3n) is 3.36. The fraction of sp³-hybridized carbons (Fsp3) is 0.118. The summed E-state index contributed by atoms with van der Waals surface area (Å²) in [6.07, 6.45) is 0. The number of aromatic nitrogens is 2. The Bertz CT molecular complexity index is 953. The molecule has 3 rings (SSSR count). The molecule has 1 aromatic heterocycles. The highest BCUT2D eigenvalue weighted by atomic mass is 35.5. The Morgan fingerprint density at radius 2 is 1.83 bits per heavy atom. The van der Waals surface area contributed by atoms with Crippen LogP contribution in [0.5, 0.6) is 5.88 Å². The average molecular weight is 363 g/mol. The second-order valence-electron chi connectivity index (χ2n) is 5.06. The quantitative estimate of drug-likeness (QED) is 0.645. The van der Waals surface area contributed by atoms with Crippen molar-refractivity contribution >= 4 is 21.7 Å². The molecule has 7 heteroatoms. The fourth-order valence-corrected chi connectivity index (χ4v) is 2.84. The SMILES string of the molecule is CCS(=O)(=O)Oc1cc(-c2ccccc2)nn1-c1cccc(Cl)c1. The van der Waals surface area contributed by atoms with Gasteiger partial charge in [0.2, 0.25) is 5.88 Å². The third kappa shape index (κ3) is 3.60. The molecular weight excluding hydrogens is 348 g/mol. The maximum absolute atomic E-state index is 11.9. The van der Waals surface area contributed by atoms with Gasteiger partial charge in [0.1, 0.15) is 0 Å². The van der Waals surface area contributed by atoms with E-state index in [0.29, 0.717) is 16.4 Å². The molecular formula is C17H15ClN2O3S. The first-order valence-corrected chi connectivity index (χ1v) is 9.27. The summed E-state index contributed by atoms with van der Waals surface area (Å²) in [6.45, 7) is 1.52. The first kappa shape index (κ1) is 16.5. The van der Waals surface area contributed by atoms with Crippen molar-refractivity contribution in [1.82, 2.24) is 9.78 Å². The third-order valence-corrected chi connectivity index (χ3v) is 4.73. The van der Waals surface area contributed by atoms with E-state index in [4.69, 9.17) is 15.8 Å². The number of hydrogen-bond acceptors (Lipinski definition) is 4. The highest BCUT2D eigenvalue weighted by Gasteiger charge is 2.18. The van der Waals surface area contributed by atoms with Crippen molar-refractivity contribution < 1.29 is 12.6 Å². The lowest BCUT2D eigenvalue weighted by Gasteiger charge is -2.08. The van der Waals surface area contributed by atoms with E-state index in [-0.39, 0.29) is 11.6 Å². The van der Waals surface area contributed by atoms with Gasteiger partial charge in [0.05, 0.1) is 17.1 Å². The predicted molar refractivity (Wildman–Crippen MR) is 94.1 cm³/mol. The standard InChI is InChI=1S/C17H15ClN2O3S/c1-2-24(21,22)23-17-12-16(13-7-4-3-5-8-13)19-20(17)15-10-6-9-14(18)11-15/h3-12H,2H2,1H3. The van der Waals surface area contributed by atoms with Crippen LogP contribution in [0.15, 0.2) is 60.7 Å². The molecule has 0 amide bonds. The summed E-state index contributed by atoms with van der Waals surface area (Å²) in [7, 11) is -3.68. The Hall–Kier alpha value is -2.31. The second kappa shape index (κ2) is 6.67. The van der Waals surface area contributed by atoms with Crippen LogP contribution in [0, 0.1) is 0 Å². The molecule has 1 heterocycles. The summed E-state index contributed by atoms with van der Waals surface area (Å²) < 4.78 is 30.4. The minimum atomic E-state index is -3.68. The van der Waals surface area contributed by atoms with Gasteiger partial charge in [-0.05, 0) is 25.1 Å². The van der Waals surface area contributed by atoms with Crippen LogP contribution in [-0.2, 0) is 10.1 Å². The summed E-state index contributed by atoms with van der Waals surface area (Å²) >= 11 is 6.03. The molecule has 0 saturated heterocycles. The maximum atomic E-state index is 11.9. The van der Waals surface area contributed by atoms with Gasteiger partial charge in [-0.2, -0.15) is 18.2 Å². The van der Waals surface area contributed by atoms with Crippen molar-refractivity contribution in [3.8, 4) is 22.8 Å². The summed E-state index contributed by atoms with van der Waals surface area (Å²) in [5, 5.41) is 5.00. The van der Waals surface area contributed by atoms with Crippen LogP contribution >= 0.6 is 11.6 Å². The lowest BCUT2D eigenvalue weighted by Crippen LogP contribution is -2.14. The number of halogens is 1. The Balaban J connectivity index is 2.13. The van der Waals surface area contributed by atoms with E-state index in [2.05, 4.69) is 5.10 Å². The summed E-state index contributed by atoms with van der Waals surface area (Å²) in [6, 6.07) is 18.0. The zero-order chi connectivity index (χ0) is 17.2. The molecule has 0 atom stereocenters. The van der Waals surface area contributed by atoms with E-state index >= 15 is 0 Å². The molecule has 0 spiro atoms. The molecule has 3 aromatic rings. The molecule has 0 fully saturated rings. The van der Waals surface area contributed by atoms with Crippen LogP contribution in [-0.4, -0.2) is 24.0 Å². The highest BCUT2D eigenvalue weighted by molar-refractivity contribution is 7.87. The van der Waals surface area contributed by atoms with Gasteiger partial charge in [-0.1, -0.05) is 48.0 Å². The van der Waals surface area contributed by atoms with Gasteiger partial charge < -0.3 is 4.18 Å². The zero-order valence-electron chi connectivity index (χ0n) is 12.9. The number of nitrogens with zero attached hydrogens (tertiary/aromatic N) is 2. The van der Waals surface area contributed by atoms with Crippen molar-refractivity contribution in [3.63, 3.8) is 0 Å². The second-order valence-corrected chi connectivity index (χ2v) is 7.35. The number of benzene rings is 2. The van der Waals surface area contributed by atoms with Gasteiger partial charge in [0, 0.05) is 16.7 Å². The van der Waals surface area contributed by atoms with Gasteiger partial charge >= 0.3 is 10.1 Å². The molecule has 0 aliphatic heterocycles. The van der Waals surface area contributed by atoms with Crippen molar-refractivity contribution in [2.75, 3.05) is 5.75 Å². The maximum Gasteiger partial charge on any atom is 0.310 e. The van der Waals surface area contributed by atoms with E-state index in [9.17, 15) is 8.42 Å². The monoisotopic (exact) mass is 362 g/mol. The smallest absolute Gasteiger partial charge is 0.310 e. The van der Waals surface area contributed by atoms with E-state index in [0.717, 1.165) is 5.56 Å². The summed E-state index contributed by atoms with van der Waals surface area (Å²) in [5.74, 6) is -0.00744. The van der Waals surface area contributed by atoms with Crippen molar-refractivity contribution in [1.29, 1.82) is 0 Å². The van der Waals surface area contributed by atoms with Crippen molar-refractivity contribution in [2.24, 2.45) is 0 Å². The van der Waals surface area contributed by atoms with Crippen molar-refractivity contribution in [3.05, 3.63) is 65.7 Å². The van der Waals surface area contributed by atoms with Crippen LogP contribution in [0.3, 0.4) is 0 Å². The fourth-order valence-electron chi connectivity index (χ4n) is 2.16. The van der Waals surface area contributed by atoms with Gasteiger partial charge in [-0.3, -0.25) is 0 Å². The molecule has 0 N–H and O–H groups in total. The molecule has 24 heavy (non-hydrogen) atoms. The minimum Gasteiger partial charge on any atom is -0.361 e. The average Bonchev–Trinajstić information content (AvgIpc) is 2.99. The van der Waals surface area contributed by atoms with Gasteiger partial charge in [-0.15, -0.1) is 0 Å². The molecule has 124 valence electrons. The van der Waals surface area contributed by atoms with Crippen LogP contribution < -0.4 is 4.18 Å². The molecule has 0 bridgehead atoms. The topological polar surface area (TPSA) is 61.2 Å². The van der Waals surface area contributed by atoms with E-state index in [1.54, 1.807) is 30.3 Å². The van der Waals surface area contributed by atoms with Crippen LogP contribution in [0.25, 0.3) is 16.9 Å². The lowest BCUT2D eigenvalue weighted by molar-refractivity contribution is 0.466. The molecule has 5 nitrogen and oxygen atoms in total. The molecule has 0 radical (unpaired) electrons. The van der Waals surface area contributed by atoms with Crippen LogP contribution in [0.2, 0.25) is 5.02 Å². The highest BCUT2D eigenvalue weighted by Crippen LogP contribution is 2.28. The van der Waals surface area contributed by atoms with Crippen LogP contribution in [0.1, 0.15) is 6.92 Å². The Kier molecular flexibility index (Phi) is 4.59. The lowest BCUT2D eigenvalue weighted by atomic mass is 10.2. The van der Waals surface area contributed by atoms with Crippen molar-refractivity contribution in [2.45, 2.75) is 6.92 Å². The summed E-state index contributed by atoms with van der Waals surface area (Å²) in [4.78, 5) is 0. The Labute approximate surface area is 145 Å². The molecule has 2 aromatic carbocycles. The molecule has 0 unspecified atom stereocenters. The Morgan fingerprint density at radius 1 is 1.08 bits per heavy atom. The molecule has 0 aliphatic carbocycles. The molecule has 0 saturated carbocycles. The normalized spacial score (nSPS) is 11.4. The zero-order valence-corrected chi connectivity index (χ0v) is 14.5. The molecule has 0 aliphatic rings. The first-order valence-electron chi connectivity index (χ1n) is 7.32. The minimum absolute atomic E-state index is 0.123. The number of rotatable bonds is 5. The number of hydrogen-bond donors (Lipinski definition) is 0. The van der Waals surface area contributed by atoms with E-state index in [1.807, 2.05) is 30.3 Å². The predicted octanol–water partition coefficient (Wildman–Crippen LogP) is 3.92. The Morgan fingerprint density at radius 3 is 2.50 bits per heavy atom. The summed E-state index contributed by atoms with van der Waals surface area (Å²) in [5.41, 5.74) is 2.08.